The zero-order valence-electron chi connectivity index (χ0n) is 25.3. The van der Waals surface area contributed by atoms with Gasteiger partial charge in [0.05, 0.1) is 36.5 Å². The fraction of sp³-hybridized carbons (Fsp3) is 0.0741. The summed E-state index contributed by atoms with van der Waals surface area (Å²) in [5, 5.41) is 20.9. The van der Waals surface area contributed by atoms with E-state index in [4.69, 9.17) is 0 Å². The Morgan fingerprint density at radius 2 is 1.22 bits per heavy atom. The van der Waals surface area contributed by atoms with Crippen LogP contribution in [-0.4, -0.2) is 84.8 Å². The summed E-state index contributed by atoms with van der Waals surface area (Å²) >= 11 is 0. The quantitative estimate of drug-likeness (QED) is 0.0999. The highest BCUT2D eigenvalue weighted by Crippen LogP contribution is 2.33. The van der Waals surface area contributed by atoms with Gasteiger partial charge in [-0.05, 0) is 48.4 Å². The van der Waals surface area contributed by atoms with Crippen molar-refractivity contribution >= 4 is 75.4 Å². The van der Waals surface area contributed by atoms with E-state index in [9.17, 15) is 71.4 Å². The van der Waals surface area contributed by atoms with Gasteiger partial charge < -0.3 is 23.3 Å². The maximum atomic E-state index is 13.2. The Hall–Kier alpha value is -5.21. The average Bonchev–Trinajstić information content (AvgIpc) is 3.51. The van der Waals surface area contributed by atoms with E-state index in [2.05, 4.69) is 10.2 Å². The van der Waals surface area contributed by atoms with Gasteiger partial charge in [0, 0.05) is 19.4 Å². The third-order valence-corrected chi connectivity index (χ3v) is 10.0. The molecule has 2 heterocycles. The van der Waals surface area contributed by atoms with Crippen molar-refractivity contribution in [1.29, 1.82) is 0 Å². The van der Waals surface area contributed by atoms with E-state index >= 15 is 0 Å². The van der Waals surface area contributed by atoms with Gasteiger partial charge in [0.2, 0.25) is 0 Å². The van der Waals surface area contributed by atoms with E-state index in [1.54, 1.807) is 0 Å². The summed E-state index contributed by atoms with van der Waals surface area (Å²) in [6, 6.07) is 2.79. The second kappa shape index (κ2) is 13.5. The van der Waals surface area contributed by atoms with Gasteiger partial charge in [-0.2, -0.15) is 15.2 Å². The molecule has 51 heavy (non-hydrogen) atoms. The van der Waals surface area contributed by atoms with Gasteiger partial charge >= 0.3 is 0 Å². The van der Waals surface area contributed by atoms with Crippen molar-refractivity contribution in [2.24, 2.45) is 5.10 Å². The first-order valence-corrected chi connectivity index (χ1v) is 18.9. The van der Waals surface area contributed by atoms with E-state index in [0.29, 0.717) is 36.4 Å². The minimum absolute atomic E-state index is 0.229. The molecular formula is C27H17N4O16S4-5. The lowest BCUT2D eigenvalue weighted by atomic mass is 10.1. The molecule has 0 saturated heterocycles. The topological polar surface area (TPSA) is 336 Å². The average molecular weight is 782 g/mol. The Bertz CT molecular complexity index is 2620. The predicted molar refractivity (Wildman–Crippen MR) is 163 cm³/mol. The Morgan fingerprint density at radius 1 is 0.706 bits per heavy atom. The molecule has 0 aliphatic carbocycles. The van der Waals surface area contributed by atoms with E-state index in [1.165, 1.54) is 0 Å². The van der Waals surface area contributed by atoms with Crippen LogP contribution in [0.2, 0.25) is 0 Å². The number of Topliss-reactive ketones (excluding diaryl/α,β-unsaturated/α-hetero) is 2. The van der Waals surface area contributed by atoms with Gasteiger partial charge in [0.25, 0.3) is 5.91 Å². The van der Waals surface area contributed by atoms with Crippen LogP contribution in [0.25, 0.3) is 11.8 Å². The number of hydrazone groups is 1. The second-order valence-electron chi connectivity index (χ2n) is 10.1. The summed E-state index contributed by atoms with van der Waals surface area (Å²) in [6.07, 6.45) is 5.17. The lowest BCUT2D eigenvalue weighted by Gasteiger charge is -2.20. The molecule has 0 radical (unpaired) electrons. The van der Waals surface area contributed by atoms with Gasteiger partial charge in [0.15, 0.2) is 11.6 Å². The van der Waals surface area contributed by atoms with Gasteiger partial charge in [0.1, 0.15) is 51.9 Å². The van der Waals surface area contributed by atoms with Crippen molar-refractivity contribution in [3.8, 4) is 11.6 Å². The Balaban J connectivity index is 1.76. The number of benzene rings is 2. The van der Waals surface area contributed by atoms with Crippen molar-refractivity contribution in [3.05, 3.63) is 77.5 Å². The molecule has 0 fully saturated rings. The largest absolute Gasteiger partial charge is 0.858 e. The number of amides is 1. The zero-order chi connectivity index (χ0) is 38.4. The lowest BCUT2D eigenvalue weighted by Crippen LogP contribution is -2.24. The first kappa shape index (κ1) is 38.6. The van der Waals surface area contributed by atoms with Crippen LogP contribution in [0.3, 0.4) is 0 Å². The Kier molecular flexibility index (Phi) is 10.2. The summed E-state index contributed by atoms with van der Waals surface area (Å²) in [4.78, 5) is 33.4. The molecule has 24 heteroatoms. The van der Waals surface area contributed by atoms with Crippen molar-refractivity contribution in [2.45, 2.75) is 33.4 Å². The van der Waals surface area contributed by atoms with Crippen LogP contribution in [0, 0.1) is 0 Å². The molecule has 0 N–H and O–H groups in total. The standard InChI is InChI=1S/C27H22N4O16S4/c1-14(32)24-18(26(34)30(28-24)20-12-16(48(36,37)38)8-10-22(20)50(42,43)44)6-4-3-5-7-19-25(15(2)33)29-31(27(19)35)21-13-17(49(39,40)41)9-11-23(21)51(45,46)47/h3-13,34H,1-2H3,(H,36,37,38)(H,39,40,41)(H,42,43,44)(H,45,46,47)/p-5/b5-3+,6-4+,19-7+. The lowest BCUT2D eigenvalue weighted by molar-refractivity contribution is -0.278. The normalized spacial score (nSPS) is 15.3. The number of nitrogens with zero attached hydrogens (tertiary/aromatic N) is 4. The monoisotopic (exact) mass is 781 g/mol. The molecule has 0 atom stereocenters. The summed E-state index contributed by atoms with van der Waals surface area (Å²) in [6.45, 7) is 1.92. The number of anilines is 1. The number of carbonyl (C=O) groups excluding carboxylic acids is 3. The molecule has 1 aromatic heterocycles. The predicted octanol–water partition coefficient (Wildman–Crippen LogP) is -0.747. The van der Waals surface area contributed by atoms with Crippen molar-refractivity contribution in [1.82, 2.24) is 9.78 Å². The molecule has 0 unspecified atom stereocenters. The molecule has 1 amide bonds. The number of ketones is 2. The summed E-state index contributed by atoms with van der Waals surface area (Å²) in [5.74, 6) is -4.20. The Labute approximate surface area is 288 Å². The maximum absolute atomic E-state index is 13.2. The number of aromatic nitrogens is 2. The van der Waals surface area contributed by atoms with Crippen LogP contribution in [0.1, 0.15) is 29.9 Å². The van der Waals surface area contributed by atoms with Gasteiger partial charge in [-0.15, -0.1) is 0 Å². The third kappa shape index (κ3) is 8.07. The highest BCUT2D eigenvalue weighted by molar-refractivity contribution is 7.86. The van der Waals surface area contributed by atoms with Gasteiger partial charge in [-0.1, -0.05) is 24.3 Å². The number of allylic oxidation sites excluding steroid dienone is 4. The molecule has 20 nitrogen and oxygen atoms in total. The van der Waals surface area contributed by atoms with Gasteiger partial charge in [-0.3, -0.25) is 14.4 Å². The molecular weight excluding hydrogens is 765 g/mol. The number of hydrogen-bond donors (Lipinski definition) is 0. The van der Waals surface area contributed by atoms with Gasteiger partial charge in [-0.25, -0.2) is 38.4 Å². The van der Waals surface area contributed by atoms with Crippen LogP contribution in [-0.2, 0) is 50.1 Å². The maximum Gasteiger partial charge on any atom is 0.281 e. The van der Waals surface area contributed by atoms with Crippen LogP contribution >= 0.6 is 0 Å². The highest BCUT2D eigenvalue weighted by atomic mass is 32.2. The fourth-order valence-corrected chi connectivity index (χ4v) is 6.66. The van der Waals surface area contributed by atoms with E-state index in [0.717, 1.165) is 44.2 Å². The Morgan fingerprint density at radius 3 is 1.69 bits per heavy atom. The highest BCUT2D eigenvalue weighted by Gasteiger charge is 2.35. The first-order valence-electron chi connectivity index (χ1n) is 13.3. The van der Waals surface area contributed by atoms with Crippen LogP contribution in [0.5, 0.6) is 5.88 Å². The molecule has 4 rings (SSSR count). The molecule has 2 aromatic carbocycles. The number of carbonyl (C=O) groups is 3. The van der Waals surface area contributed by atoms with Crippen LogP contribution in [0.15, 0.2) is 91.0 Å². The SMILES string of the molecule is CC(=O)C1=NN(c2cc(S(=O)(=O)[O-])ccc2S(=O)(=O)[O-])C(=O)/C1=C/C=C/C=C/c1c(C(C)=O)nn(-c2cc(S(=O)(=O)[O-])ccc2S(=O)(=O)[O-])c1[O-]. The van der Waals surface area contributed by atoms with E-state index in [-0.39, 0.29) is 9.69 Å². The second-order valence-corrected chi connectivity index (χ2v) is 15.5. The molecule has 3 aromatic rings. The first-order chi connectivity index (χ1) is 23.3. The third-order valence-electron chi connectivity index (χ3n) is 6.60. The summed E-state index contributed by atoms with van der Waals surface area (Å²) < 4.78 is 140. The van der Waals surface area contributed by atoms with Crippen LogP contribution in [0.4, 0.5) is 5.69 Å². The number of hydrogen-bond acceptors (Lipinski definition) is 18. The molecule has 1 aliphatic rings. The molecule has 0 bridgehead atoms. The summed E-state index contributed by atoms with van der Waals surface area (Å²) in [7, 11) is -21.2. The van der Waals surface area contributed by atoms with Crippen molar-refractivity contribution in [3.63, 3.8) is 0 Å². The number of rotatable bonds is 11. The zero-order valence-corrected chi connectivity index (χ0v) is 28.6. The van der Waals surface area contributed by atoms with E-state index < -0.39 is 117 Å². The van der Waals surface area contributed by atoms with Crippen LogP contribution < -0.4 is 10.1 Å². The fourth-order valence-electron chi connectivity index (χ4n) is 4.40. The summed E-state index contributed by atoms with van der Waals surface area (Å²) in [5.41, 5.74) is -4.10. The van der Waals surface area contributed by atoms with Crippen molar-refractivity contribution in [2.75, 3.05) is 5.01 Å². The molecule has 1 aliphatic heterocycles. The molecule has 270 valence electrons. The molecule has 0 saturated carbocycles. The molecule has 0 spiro atoms. The minimum Gasteiger partial charge on any atom is -0.858 e. The van der Waals surface area contributed by atoms with E-state index in [1.807, 2.05) is 0 Å². The smallest absolute Gasteiger partial charge is 0.281 e. The minimum atomic E-state index is -5.39. The van der Waals surface area contributed by atoms with Crippen molar-refractivity contribution < 1.29 is 71.4 Å².